The Morgan fingerprint density at radius 3 is 2.60 bits per heavy atom. The summed E-state index contributed by atoms with van der Waals surface area (Å²) < 4.78 is 6.02. The van der Waals surface area contributed by atoms with Crippen molar-refractivity contribution >= 4 is 45.7 Å². The Labute approximate surface area is 184 Å². The van der Waals surface area contributed by atoms with Crippen molar-refractivity contribution in [1.82, 2.24) is 10.3 Å². The van der Waals surface area contributed by atoms with Gasteiger partial charge in [0.05, 0.1) is 26.0 Å². The van der Waals surface area contributed by atoms with Gasteiger partial charge in [0.2, 0.25) is 0 Å². The lowest BCUT2D eigenvalue weighted by Crippen LogP contribution is -2.37. The van der Waals surface area contributed by atoms with Gasteiger partial charge in [0, 0.05) is 11.4 Å². The summed E-state index contributed by atoms with van der Waals surface area (Å²) in [5.74, 6) is -0.785. The van der Waals surface area contributed by atoms with Gasteiger partial charge in [-0.15, -0.1) is 11.3 Å². The minimum absolute atomic E-state index is 0.177. The minimum Gasteiger partial charge on any atom is -0.452 e. The first kappa shape index (κ1) is 20.8. The van der Waals surface area contributed by atoms with Gasteiger partial charge in [-0.3, -0.25) is 4.79 Å². The fourth-order valence-corrected chi connectivity index (χ4v) is 4.83. The molecule has 1 aromatic carbocycles. The second-order valence-corrected chi connectivity index (χ2v) is 9.22. The van der Waals surface area contributed by atoms with Crippen LogP contribution in [0.5, 0.6) is 0 Å². The van der Waals surface area contributed by atoms with Crippen molar-refractivity contribution in [1.29, 1.82) is 0 Å². The maximum atomic E-state index is 12.8. The van der Waals surface area contributed by atoms with Crippen LogP contribution in [0.1, 0.15) is 48.9 Å². The lowest BCUT2D eigenvalue weighted by atomic mass is 10.1. The van der Waals surface area contributed by atoms with Gasteiger partial charge < -0.3 is 10.1 Å². The van der Waals surface area contributed by atoms with E-state index in [4.69, 9.17) is 16.3 Å². The van der Waals surface area contributed by atoms with Crippen LogP contribution in [-0.4, -0.2) is 29.5 Å². The number of esters is 1. The van der Waals surface area contributed by atoms with Gasteiger partial charge in [0.15, 0.2) is 6.61 Å². The molecule has 0 bridgehead atoms. The van der Waals surface area contributed by atoms with E-state index in [0.29, 0.717) is 26.5 Å². The van der Waals surface area contributed by atoms with Crippen molar-refractivity contribution < 1.29 is 14.3 Å². The highest BCUT2D eigenvalue weighted by Crippen LogP contribution is 2.32. The molecule has 156 valence electrons. The number of rotatable bonds is 5. The molecule has 30 heavy (non-hydrogen) atoms. The number of nitrogens with zero attached hydrogens (tertiary/aromatic N) is 1. The summed E-state index contributed by atoms with van der Waals surface area (Å²) in [7, 11) is 0. The normalized spacial score (nSPS) is 15.0. The zero-order valence-electron chi connectivity index (χ0n) is 16.5. The molecule has 0 atom stereocenters. The number of aromatic nitrogens is 1. The lowest BCUT2D eigenvalue weighted by Gasteiger charge is -2.16. The van der Waals surface area contributed by atoms with Gasteiger partial charge >= 0.3 is 5.97 Å². The van der Waals surface area contributed by atoms with Crippen LogP contribution in [0.2, 0.25) is 4.34 Å². The minimum atomic E-state index is -0.534. The smallest absolute Gasteiger partial charge is 0.339 e. The van der Waals surface area contributed by atoms with Gasteiger partial charge in [-0.05, 0) is 37.1 Å². The molecule has 1 aliphatic rings. The maximum absolute atomic E-state index is 12.8. The SMILES string of the molecule is O=C(COC(=O)c1cc(-c2ccc(Cl)s2)nc2ccccc12)NC1CCCCCC1. The van der Waals surface area contributed by atoms with E-state index in [1.165, 1.54) is 24.2 Å². The molecule has 4 rings (SSSR count). The number of ether oxygens (including phenoxy) is 1. The molecule has 1 saturated carbocycles. The van der Waals surface area contributed by atoms with E-state index in [1.807, 2.05) is 30.3 Å². The number of thiophene rings is 1. The highest BCUT2D eigenvalue weighted by Gasteiger charge is 2.19. The average molecular weight is 443 g/mol. The fourth-order valence-electron chi connectivity index (χ4n) is 3.82. The van der Waals surface area contributed by atoms with Crippen LogP contribution in [-0.2, 0) is 9.53 Å². The van der Waals surface area contributed by atoms with Crippen molar-refractivity contribution in [3.8, 4) is 10.6 Å². The maximum Gasteiger partial charge on any atom is 0.339 e. The average Bonchev–Trinajstić information content (AvgIpc) is 3.03. The molecule has 0 radical (unpaired) electrons. The van der Waals surface area contributed by atoms with Crippen LogP contribution in [0.25, 0.3) is 21.5 Å². The third kappa shape index (κ3) is 4.99. The Kier molecular flexibility index (Phi) is 6.65. The highest BCUT2D eigenvalue weighted by atomic mass is 35.5. The number of carbonyl (C=O) groups excluding carboxylic acids is 2. The van der Waals surface area contributed by atoms with E-state index < -0.39 is 5.97 Å². The molecule has 7 heteroatoms. The van der Waals surface area contributed by atoms with Crippen molar-refractivity contribution in [3.05, 3.63) is 52.4 Å². The number of amides is 1. The first-order chi connectivity index (χ1) is 14.6. The molecule has 0 spiro atoms. The summed E-state index contributed by atoms with van der Waals surface area (Å²) >= 11 is 7.46. The first-order valence-electron chi connectivity index (χ1n) is 10.2. The van der Waals surface area contributed by atoms with Gasteiger partial charge in [-0.2, -0.15) is 0 Å². The Balaban J connectivity index is 1.50. The van der Waals surface area contributed by atoms with Crippen LogP contribution in [0.15, 0.2) is 42.5 Å². The Bertz CT molecular complexity index is 1060. The molecule has 2 aromatic heterocycles. The van der Waals surface area contributed by atoms with Crippen molar-refractivity contribution in [3.63, 3.8) is 0 Å². The molecule has 1 amide bonds. The number of hydrogen-bond donors (Lipinski definition) is 1. The predicted molar refractivity (Wildman–Crippen MR) is 120 cm³/mol. The van der Waals surface area contributed by atoms with Crippen LogP contribution >= 0.6 is 22.9 Å². The van der Waals surface area contributed by atoms with Crippen molar-refractivity contribution in [2.45, 2.75) is 44.6 Å². The van der Waals surface area contributed by atoms with E-state index in [9.17, 15) is 9.59 Å². The Morgan fingerprint density at radius 1 is 1.10 bits per heavy atom. The number of fused-ring (bicyclic) bond motifs is 1. The summed E-state index contributed by atoms with van der Waals surface area (Å²) in [6.07, 6.45) is 6.66. The monoisotopic (exact) mass is 442 g/mol. The third-order valence-electron chi connectivity index (χ3n) is 5.32. The zero-order valence-corrected chi connectivity index (χ0v) is 18.1. The van der Waals surface area contributed by atoms with Crippen LogP contribution in [0.3, 0.4) is 0 Å². The standard InChI is InChI=1S/C23H23ClN2O3S/c24-21-12-11-20(30-21)19-13-17(16-9-5-6-10-18(16)26-19)23(28)29-14-22(27)25-15-7-3-1-2-4-8-15/h5-6,9-13,15H,1-4,7-8,14H2,(H,25,27). The Morgan fingerprint density at radius 2 is 1.87 bits per heavy atom. The summed E-state index contributed by atoms with van der Waals surface area (Å²) in [5.41, 5.74) is 1.73. The van der Waals surface area contributed by atoms with Crippen molar-refractivity contribution in [2.24, 2.45) is 0 Å². The van der Waals surface area contributed by atoms with Crippen LogP contribution in [0.4, 0.5) is 0 Å². The van der Waals surface area contributed by atoms with Crippen molar-refractivity contribution in [2.75, 3.05) is 6.61 Å². The highest BCUT2D eigenvalue weighted by molar-refractivity contribution is 7.19. The van der Waals surface area contributed by atoms with Crippen LogP contribution in [0, 0.1) is 0 Å². The molecule has 1 fully saturated rings. The summed E-state index contributed by atoms with van der Waals surface area (Å²) in [5, 5.41) is 3.69. The summed E-state index contributed by atoms with van der Waals surface area (Å²) in [6, 6.07) is 13.0. The van der Waals surface area contributed by atoms with Gasteiger partial charge in [0.25, 0.3) is 5.91 Å². The van der Waals surface area contributed by atoms with Gasteiger partial charge in [-0.1, -0.05) is 55.5 Å². The zero-order chi connectivity index (χ0) is 20.9. The van der Waals surface area contributed by atoms with E-state index in [1.54, 1.807) is 12.1 Å². The Hall–Kier alpha value is -2.44. The molecule has 3 aromatic rings. The molecular formula is C23H23ClN2O3S. The van der Waals surface area contributed by atoms with E-state index >= 15 is 0 Å². The second-order valence-electron chi connectivity index (χ2n) is 7.51. The van der Waals surface area contributed by atoms with E-state index in [2.05, 4.69) is 10.3 Å². The molecular weight excluding hydrogens is 420 g/mol. The summed E-state index contributed by atoms with van der Waals surface area (Å²) in [6.45, 7) is -0.286. The second kappa shape index (κ2) is 9.58. The largest absolute Gasteiger partial charge is 0.452 e. The number of pyridine rings is 1. The lowest BCUT2D eigenvalue weighted by molar-refractivity contribution is -0.125. The van der Waals surface area contributed by atoms with E-state index in [-0.39, 0.29) is 18.6 Å². The molecule has 1 N–H and O–H groups in total. The number of carbonyl (C=O) groups is 2. The number of benzene rings is 1. The fraction of sp³-hybridized carbons (Fsp3) is 0.348. The topological polar surface area (TPSA) is 68.3 Å². The van der Waals surface area contributed by atoms with E-state index in [0.717, 1.165) is 30.6 Å². The molecule has 1 aliphatic carbocycles. The molecule has 0 unspecified atom stereocenters. The summed E-state index contributed by atoms with van der Waals surface area (Å²) in [4.78, 5) is 30.7. The van der Waals surface area contributed by atoms with Crippen LogP contribution < -0.4 is 5.32 Å². The quantitative estimate of drug-likeness (QED) is 0.411. The molecule has 2 heterocycles. The number of hydrogen-bond acceptors (Lipinski definition) is 5. The number of nitrogens with one attached hydrogen (secondary N) is 1. The molecule has 5 nitrogen and oxygen atoms in total. The predicted octanol–water partition coefficient (Wildman–Crippen LogP) is 5.61. The molecule has 0 saturated heterocycles. The number of para-hydroxylation sites is 1. The number of halogens is 1. The first-order valence-corrected chi connectivity index (χ1v) is 11.4. The molecule has 0 aliphatic heterocycles. The van der Waals surface area contributed by atoms with Gasteiger partial charge in [0.1, 0.15) is 0 Å². The van der Waals surface area contributed by atoms with Gasteiger partial charge in [-0.25, -0.2) is 9.78 Å². The third-order valence-corrected chi connectivity index (χ3v) is 6.57.